The van der Waals surface area contributed by atoms with Crippen LogP contribution in [-0.2, 0) is 4.79 Å². The highest BCUT2D eigenvalue weighted by Crippen LogP contribution is 2.16. The lowest BCUT2D eigenvalue weighted by Gasteiger charge is -2.15. The summed E-state index contributed by atoms with van der Waals surface area (Å²) in [5.41, 5.74) is 2.38. The van der Waals surface area contributed by atoms with Crippen molar-refractivity contribution in [1.29, 1.82) is 0 Å². The van der Waals surface area contributed by atoms with Crippen molar-refractivity contribution in [2.45, 2.75) is 26.9 Å². The average Bonchev–Trinajstić information content (AvgIpc) is 2.56. The molecule has 1 atom stereocenters. The zero-order chi connectivity index (χ0) is 17.5. The summed E-state index contributed by atoms with van der Waals surface area (Å²) in [4.78, 5) is 12.0. The molecule has 4 nitrogen and oxygen atoms in total. The van der Waals surface area contributed by atoms with E-state index in [2.05, 4.69) is 5.32 Å². The van der Waals surface area contributed by atoms with E-state index in [1.54, 1.807) is 6.92 Å². The minimum atomic E-state index is -0.669. The van der Waals surface area contributed by atoms with Gasteiger partial charge in [-0.25, -0.2) is 4.39 Å². The summed E-state index contributed by atoms with van der Waals surface area (Å²) in [6, 6.07) is 11.4. The molecular formula is C19H22FNO3. The normalized spacial score (nSPS) is 11.7. The molecule has 0 saturated carbocycles. The van der Waals surface area contributed by atoms with E-state index in [1.165, 1.54) is 29.8 Å². The molecule has 128 valence electrons. The highest BCUT2D eigenvalue weighted by molar-refractivity contribution is 5.80. The average molecular weight is 331 g/mol. The number of carbonyl (C=O) groups is 1. The highest BCUT2D eigenvalue weighted by atomic mass is 19.1. The van der Waals surface area contributed by atoms with Crippen LogP contribution in [0.2, 0.25) is 0 Å². The summed E-state index contributed by atoms with van der Waals surface area (Å²) < 4.78 is 23.9. The molecule has 2 rings (SSSR count). The Hall–Kier alpha value is -2.56. The first-order valence-corrected chi connectivity index (χ1v) is 7.85. The van der Waals surface area contributed by atoms with Crippen LogP contribution in [0.5, 0.6) is 11.5 Å². The second kappa shape index (κ2) is 8.34. The van der Waals surface area contributed by atoms with E-state index < -0.39 is 6.10 Å². The van der Waals surface area contributed by atoms with Crippen LogP contribution >= 0.6 is 0 Å². The van der Waals surface area contributed by atoms with Gasteiger partial charge >= 0.3 is 0 Å². The summed E-state index contributed by atoms with van der Waals surface area (Å²) in [6.45, 7) is 6.46. The van der Waals surface area contributed by atoms with Crippen LogP contribution in [0.3, 0.4) is 0 Å². The quantitative estimate of drug-likeness (QED) is 0.791. The maximum Gasteiger partial charge on any atom is 0.260 e. The zero-order valence-corrected chi connectivity index (χ0v) is 14.1. The van der Waals surface area contributed by atoms with Gasteiger partial charge in [0.05, 0.1) is 6.54 Å². The van der Waals surface area contributed by atoms with Crippen LogP contribution in [0.15, 0.2) is 42.5 Å². The van der Waals surface area contributed by atoms with Gasteiger partial charge in [0.2, 0.25) is 0 Å². The van der Waals surface area contributed by atoms with E-state index in [0.29, 0.717) is 18.9 Å². The Balaban J connectivity index is 1.72. The summed E-state index contributed by atoms with van der Waals surface area (Å²) >= 11 is 0. The van der Waals surface area contributed by atoms with Gasteiger partial charge in [0, 0.05) is 0 Å². The van der Waals surface area contributed by atoms with E-state index in [1.807, 2.05) is 32.0 Å². The lowest BCUT2D eigenvalue weighted by molar-refractivity contribution is -0.127. The van der Waals surface area contributed by atoms with Crippen molar-refractivity contribution >= 4 is 5.91 Å². The Morgan fingerprint density at radius 2 is 1.75 bits per heavy atom. The molecule has 24 heavy (non-hydrogen) atoms. The summed E-state index contributed by atoms with van der Waals surface area (Å²) in [5, 5.41) is 2.75. The smallest absolute Gasteiger partial charge is 0.260 e. The van der Waals surface area contributed by atoms with Crippen molar-refractivity contribution in [1.82, 2.24) is 5.32 Å². The van der Waals surface area contributed by atoms with Gasteiger partial charge < -0.3 is 14.8 Å². The largest absolute Gasteiger partial charge is 0.492 e. The van der Waals surface area contributed by atoms with Crippen molar-refractivity contribution in [3.05, 3.63) is 59.4 Å². The minimum absolute atomic E-state index is 0.247. The van der Waals surface area contributed by atoms with Crippen LogP contribution in [0.25, 0.3) is 0 Å². The molecule has 0 aliphatic carbocycles. The number of ether oxygens (including phenoxy) is 2. The monoisotopic (exact) mass is 331 g/mol. The Kier molecular flexibility index (Phi) is 6.18. The van der Waals surface area contributed by atoms with Crippen LogP contribution in [0.1, 0.15) is 18.1 Å². The molecule has 0 fully saturated rings. The number of hydrogen-bond acceptors (Lipinski definition) is 3. The van der Waals surface area contributed by atoms with Crippen LogP contribution in [0, 0.1) is 19.7 Å². The molecule has 5 heteroatoms. The molecule has 0 aliphatic heterocycles. The minimum Gasteiger partial charge on any atom is -0.492 e. The zero-order valence-electron chi connectivity index (χ0n) is 14.1. The van der Waals surface area contributed by atoms with Gasteiger partial charge in [-0.05, 0) is 68.3 Å². The number of aryl methyl sites for hydroxylation is 2. The molecule has 0 spiro atoms. The molecular weight excluding hydrogens is 309 g/mol. The first kappa shape index (κ1) is 17.8. The molecule has 0 radical (unpaired) electrons. The topological polar surface area (TPSA) is 47.6 Å². The molecule has 0 saturated heterocycles. The van der Waals surface area contributed by atoms with Gasteiger partial charge in [-0.1, -0.05) is 6.07 Å². The number of amides is 1. The third-order valence-corrected chi connectivity index (χ3v) is 3.64. The number of rotatable bonds is 7. The third kappa shape index (κ3) is 5.26. The number of halogens is 1. The van der Waals surface area contributed by atoms with E-state index in [0.717, 1.165) is 11.3 Å². The number of nitrogens with one attached hydrogen (secondary N) is 1. The second-order valence-electron chi connectivity index (χ2n) is 5.60. The number of hydrogen-bond donors (Lipinski definition) is 1. The Labute approximate surface area is 141 Å². The van der Waals surface area contributed by atoms with Crippen molar-refractivity contribution in [3.8, 4) is 11.5 Å². The van der Waals surface area contributed by atoms with E-state index in [4.69, 9.17) is 9.47 Å². The standard InChI is InChI=1S/C19H22FNO3/c1-13-4-7-18(12-14(13)2)23-11-10-21-19(22)15(3)24-17-8-5-16(20)6-9-17/h4-9,12,15H,10-11H2,1-3H3,(H,21,22)/t15-/m1/s1. The first-order valence-electron chi connectivity index (χ1n) is 7.85. The van der Waals surface area contributed by atoms with Gasteiger partial charge in [0.15, 0.2) is 6.10 Å². The van der Waals surface area contributed by atoms with Crippen molar-refractivity contribution in [2.75, 3.05) is 13.2 Å². The molecule has 0 heterocycles. The van der Waals surface area contributed by atoms with Crippen LogP contribution in [0.4, 0.5) is 4.39 Å². The van der Waals surface area contributed by atoms with Gasteiger partial charge in [0.25, 0.3) is 5.91 Å². The molecule has 2 aromatic carbocycles. The molecule has 2 aromatic rings. The van der Waals surface area contributed by atoms with Gasteiger partial charge in [0.1, 0.15) is 23.9 Å². The molecule has 1 N–H and O–H groups in total. The van der Waals surface area contributed by atoms with Crippen LogP contribution in [-0.4, -0.2) is 25.2 Å². The Bertz CT molecular complexity index is 686. The lowest BCUT2D eigenvalue weighted by Crippen LogP contribution is -2.38. The predicted octanol–water partition coefficient (Wildman–Crippen LogP) is 3.41. The second-order valence-corrected chi connectivity index (χ2v) is 5.60. The molecule has 0 unspecified atom stereocenters. The Morgan fingerprint density at radius 3 is 2.42 bits per heavy atom. The SMILES string of the molecule is Cc1ccc(OCCNC(=O)[C@@H](C)Oc2ccc(F)cc2)cc1C. The van der Waals surface area contributed by atoms with Crippen molar-refractivity contribution < 1.29 is 18.7 Å². The number of benzene rings is 2. The van der Waals surface area contributed by atoms with Crippen molar-refractivity contribution in [3.63, 3.8) is 0 Å². The Morgan fingerprint density at radius 1 is 1.08 bits per heavy atom. The van der Waals surface area contributed by atoms with E-state index in [9.17, 15) is 9.18 Å². The van der Waals surface area contributed by atoms with E-state index in [-0.39, 0.29) is 11.7 Å². The summed E-state index contributed by atoms with van der Waals surface area (Å²) in [5.74, 6) is 0.638. The highest BCUT2D eigenvalue weighted by Gasteiger charge is 2.14. The molecule has 0 aromatic heterocycles. The fourth-order valence-corrected chi connectivity index (χ4v) is 2.06. The van der Waals surface area contributed by atoms with Gasteiger partial charge in [-0.15, -0.1) is 0 Å². The fraction of sp³-hybridized carbons (Fsp3) is 0.316. The molecule has 0 aliphatic rings. The molecule has 0 bridgehead atoms. The first-order chi connectivity index (χ1) is 11.5. The fourth-order valence-electron chi connectivity index (χ4n) is 2.06. The van der Waals surface area contributed by atoms with Crippen LogP contribution < -0.4 is 14.8 Å². The number of carbonyl (C=O) groups excluding carboxylic acids is 1. The predicted molar refractivity (Wildman–Crippen MR) is 90.9 cm³/mol. The maximum atomic E-state index is 12.8. The van der Waals surface area contributed by atoms with Gasteiger partial charge in [-0.2, -0.15) is 0 Å². The summed E-state index contributed by atoms with van der Waals surface area (Å²) in [7, 11) is 0. The summed E-state index contributed by atoms with van der Waals surface area (Å²) in [6.07, 6.45) is -0.669. The van der Waals surface area contributed by atoms with E-state index >= 15 is 0 Å². The molecule has 1 amide bonds. The lowest BCUT2D eigenvalue weighted by atomic mass is 10.1. The van der Waals surface area contributed by atoms with Crippen molar-refractivity contribution in [2.24, 2.45) is 0 Å². The maximum absolute atomic E-state index is 12.8. The van der Waals surface area contributed by atoms with Gasteiger partial charge in [-0.3, -0.25) is 4.79 Å². The third-order valence-electron chi connectivity index (χ3n) is 3.64.